The van der Waals surface area contributed by atoms with Gasteiger partial charge in [-0.1, -0.05) is 35.6 Å². The lowest BCUT2D eigenvalue weighted by molar-refractivity contribution is 0.0983. The second kappa shape index (κ2) is 8.53. The van der Waals surface area contributed by atoms with Gasteiger partial charge in [-0.3, -0.25) is 9.59 Å². The summed E-state index contributed by atoms with van der Waals surface area (Å²) in [6.45, 7) is 1.44. The van der Waals surface area contributed by atoms with E-state index in [1.807, 2.05) is 0 Å². The van der Waals surface area contributed by atoms with Gasteiger partial charge in [0.1, 0.15) is 11.6 Å². The predicted octanol–water partition coefficient (Wildman–Crippen LogP) is 5.46. The number of thiazole rings is 1. The molecule has 31 heavy (non-hydrogen) atoms. The summed E-state index contributed by atoms with van der Waals surface area (Å²) in [5.74, 6) is -1.38. The number of carbonyl (C=O) groups excluding carboxylic acids is 2. The van der Waals surface area contributed by atoms with Gasteiger partial charge in [0.15, 0.2) is 5.78 Å². The Balaban J connectivity index is 1.74. The van der Waals surface area contributed by atoms with Gasteiger partial charge >= 0.3 is 0 Å². The predicted molar refractivity (Wildman–Crippen MR) is 117 cm³/mol. The Labute approximate surface area is 180 Å². The molecule has 0 fully saturated rings. The maximum atomic E-state index is 13.6. The Morgan fingerprint density at radius 1 is 0.935 bits per heavy atom. The van der Waals surface area contributed by atoms with E-state index in [2.05, 4.69) is 10.1 Å². The maximum absolute atomic E-state index is 13.6. The molecule has 8 heteroatoms. The minimum absolute atomic E-state index is 0.113. The number of fused-ring (bicyclic) bond motifs is 1. The maximum Gasteiger partial charge on any atom is 0.280 e. The average molecular weight is 435 g/mol. The molecule has 1 heterocycles. The van der Waals surface area contributed by atoms with Crippen molar-refractivity contribution in [3.05, 3.63) is 95.1 Å². The minimum Gasteiger partial charge on any atom is -0.295 e. The van der Waals surface area contributed by atoms with Crippen LogP contribution in [0.1, 0.15) is 33.2 Å². The Kier molecular flexibility index (Phi) is 5.64. The van der Waals surface area contributed by atoms with Crippen LogP contribution in [0.3, 0.4) is 0 Å². The number of carbonyl (C=O) groups is 2. The van der Waals surface area contributed by atoms with Gasteiger partial charge in [0, 0.05) is 11.1 Å². The van der Waals surface area contributed by atoms with Crippen LogP contribution in [0.2, 0.25) is 0 Å². The van der Waals surface area contributed by atoms with Crippen molar-refractivity contribution in [1.29, 1.82) is 0 Å². The third kappa shape index (κ3) is 4.54. The molecule has 0 spiro atoms. The fourth-order valence-electron chi connectivity index (χ4n) is 2.81. The number of hydrogen-bond acceptors (Lipinski definition) is 5. The summed E-state index contributed by atoms with van der Waals surface area (Å²) in [7, 11) is 0. The van der Waals surface area contributed by atoms with Crippen LogP contribution in [0.15, 0.2) is 71.8 Å². The molecule has 4 aromatic rings. The molecule has 0 saturated carbocycles. The lowest BCUT2D eigenvalue weighted by Gasteiger charge is -2.14. The SMILES string of the molecule is CC(=O)c1ccc(C(=O)N(/N=C/c2ccc(F)cc2)c2nc3ccc(F)cc3s2)cc1. The third-order valence-corrected chi connectivity index (χ3v) is 5.44. The number of hydrazone groups is 1. The van der Waals surface area contributed by atoms with Crippen LogP contribution in [-0.4, -0.2) is 22.9 Å². The van der Waals surface area contributed by atoms with E-state index in [1.165, 1.54) is 67.7 Å². The number of anilines is 1. The molecule has 0 bridgehead atoms. The highest BCUT2D eigenvalue weighted by Crippen LogP contribution is 2.30. The highest BCUT2D eigenvalue weighted by atomic mass is 32.1. The summed E-state index contributed by atoms with van der Waals surface area (Å²) < 4.78 is 27.3. The van der Waals surface area contributed by atoms with Crippen molar-refractivity contribution >= 4 is 44.6 Å². The molecule has 4 rings (SSSR count). The van der Waals surface area contributed by atoms with Crippen LogP contribution in [0.25, 0.3) is 10.2 Å². The van der Waals surface area contributed by atoms with Crippen molar-refractivity contribution < 1.29 is 18.4 Å². The van der Waals surface area contributed by atoms with Crippen LogP contribution in [0.5, 0.6) is 0 Å². The molecule has 0 unspecified atom stereocenters. The first kappa shape index (κ1) is 20.5. The molecule has 0 radical (unpaired) electrons. The van der Waals surface area contributed by atoms with E-state index < -0.39 is 11.7 Å². The van der Waals surface area contributed by atoms with E-state index in [4.69, 9.17) is 0 Å². The lowest BCUT2D eigenvalue weighted by Crippen LogP contribution is -2.25. The Morgan fingerprint density at radius 2 is 1.58 bits per heavy atom. The second-order valence-corrected chi connectivity index (χ2v) is 7.66. The Hall–Kier alpha value is -3.78. The second-order valence-electron chi connectivity index (χ2n) is 6.66. The summed E-state index contributed by atoms with van der Waals surface area (Å²) in [6.07, 6.45) is 1.41. The molecular formula is C23H15F2N3O2S. The van der Waals surface area contributed by atoms with Crippen molar-refractivity contribution in [3.8, 4) is 0 Å². The number of nitrogens with zero attached hydrogens (tertiary/aromatic N) is 3. The quantitative estimate of drug-likeness (QED) is 0.238. The molecule has 1 amide bonds. The monoisotopic (exact) mass is 435 g/mol. The molecule has 3 aromatic carbocycles. The molecule has 0 aliphatic rings. The van der Waals surface area contributed by atoms with Gasteiger partial charge in [-0.25, -0.2) is 13.8 Å². The van der Waals surface area contributed by atoms with E-state index in [1.54, 1.807) is 12.1 Å². The van der Waals surface area contributed by atoms with Crippen molar-refractivity contribution in [2.75, 3.05) is 5.01 Å². The highest BCUT2D eigenvalue weighted by molar-refractivity contribution is 7.22. The number of aromatic nitrogens is 1. The van der Waals surface area contributed by atoms with Crippen molar-refractivity contribution in [2.24, 2.45) is 5.10 Å². The summed E-state index contributed by atoms with van der Waals surface area (Å²) in [5, 5.41) is 5.62. The molecule has 154 valence electrons. The number of Topliss-reactive ketones (excluding diaryl/α,β-unsaturated/α-hetero) is 1. The number of benzene rings is 3. The number of rotatable bonds is 5. The largest absolute Gasteiger partial charge is 0.295 e. The van der Waals surface area contributed by atoms with Crippen LogP contribution >= 0.6 is 11.3 Å². The van der Waals surface area contributed by atoms with Gasteiger partial charge in [-0.2, -0.15) is 10.1 Å². The highest BCUT2D eigenvalue weighted by Gasteiger charge is 2.21. The summed E-state index contributed by atoms with van der Waals surface area (Å²) in [5.41, 5.74) is 1.89. The molecule has 1 aromatic heterocycles. The fraction of sp³-hybridized carbons (Fsp3) is 0.0435. The first-order valence-corrected chi connectivity index (χ1v) is 10.0. The van der Waals surface area contributed by atoms with Crippen LogP contribution in [-0.2, 0) is 0 Å². The molecule has 0 atom stereocenters. The summed E-state index contributed by atoms with van der Waals surface area (Å²) >= 11 is 1.11. The first-order chi connectivity index (χ1) is 14.9. The number of ketones is 1. The zero-order chi connectivity index (χ0) is 22.0. The molecular weight excluding hydrogens is 420 g/mol. The van der Waals surface area contributed by atoms with Gasteiger partial charge in [0.2, 0.25) is 5.13 Å². The summed E-state index contributed by atoms with van der Waals surface area (Å²) in [6, 6.07) is 16.0. The van der Waals surface area contributed by atoms with Crippen LogP contribution < -0.4 is 5.01 Å². The average Bonchev–Trinajstić information content (AvgIpc) is 3.17. The third-order valence-electron chi connectivity index (χ3n) is 4.44. The topological polar surface area (TPSA) is 62.6 Å². The van der Waals surface area contributed by atoms with Gasteiger partial charge < -0.3 is 0 Å². The number of amides is 1. The summed E-state index contributed by atoms with van der Waals surface area (Å²) in [4.78, 5) is 29.1. The zero-order valence-corrected chi connectivity index (χ0v) is 17.1. The van der Waals surface area contributed by atoms with Crippen LogP contribution in [0, 0.1) is 11.6 Å². The first-order valence-electron chi connectivity index (χ1n) is 9.22. The molecule has 0 N–H and O–H groups in total. The van der Waals surface area contributed by atoms with E-state index >= 15 is 0 Å². The van der Waals surface area contributed by atoms with E-state index in [-0.39, 0.29) is 16.7 Å². The van der Waals surface area contributed by atoms with E-state index in [0.29, 0.717) is 26.9 Å². The van der Waals surface area contributed by atoms with Crippen molar-refractivity contribution in [3.63, 3.8) is 0 Å². The molecule has 0 saturated heterocycles. The van der Waals surface area contributed by atoms with Gasteiger partial charge in [-0.05, 0) is 55.0 Å². The van der Waals surface area contributed by atoms with Crippen molar-refractivity contribution in [1.82, 2.24) is 4.98 Å². The van der Waals surface area contributed by atoms with Crippen LogP contribution in [0.4, 0.5) is 13.9 Å². The normalized spacial score (nSPS) is 11.2. The number of hydrogen-bond donors (Lipinski definition) is 0. The smallest absolute Gasteiger partial charge is 0.280 e. The standard InChI is InChI=1S/C23H15F2N3O2S/c1-14(29)16-4-6-17(7-5-16)22(30)28(26-13-15-2-8-18(24)9-3-15)23-27-20-11-10-19(25)12-21(20)31-23/h2-13H,1H3/b26-13+. The van der Waals surface area contributed by atoms with Crippen molar-refractivity contribution in [2.45, 2.75) is 6.92 Å². The molecule has 5 nitrogen and oxygen atoms in total. The molecule has 0 aliphatic carbocycles. The van der Waals surface area contributed by atoms with Gasteiger partial charge in [-0.15, -0.1) is 0 Å². The molecule has 0 aliphatic heterocycles. The number of halogens is 2. The Morgan fingerprint density at radius 3 is 2.26 bits per heavy atom. The lowest BCUT2D eigenvalue weighted by atomic mass is 10.1. The van der Waals surface area contributed by atoms with Gasteiger partial charge in [0.25, 0.3) is 5.91 Å². The van der Waals surface area contributed by atoms with Gasteiger partial charge in [0.05, 0.1) is 16.4 Å². The minimum atomic E-state index is -0.479. The fourth-order valence-corrected chi connectivity index (χ4v) is 3.76. The van der Waals surface area contributed by atoms with E-state index in [9.17, 15) is 18.4 Å². The van der Waals surface area contributed by atoms with E-state index in [0.717, 1.165) is 16.3 Å². The Bertz CT molecular complexity index is 1300. The zero-order valence-electron chi connectivity index (χ0n) is 16.3.